The molecule has 0 radical (unpaired) electrons. The van der Waals surface area contributed by atoms with Crippen LogP contribution in [-0.4, -0.2) is 27.5 Å². The Hall–Kier alpha value is -1.56. The molecule has 0 aromatic carbocycles. The molecule has 82 valence electrons. The zero-order valence-electron chi connectivity index (χ0n) is 8.43. The van der Waals surface area contributed by atoms with Crippen molar-refractivity contribution in [2.24, 2.45) is 5.73 Å². The molecule has 0 spiro atoms. The Bertz CT molecular complexity index is 291. The van der Waals surface area contributed by atoms with E-state index in [1.54, 1.807) is 0 Å². The number of hydrogen-bond donors (Lipinski definition) is 1. The summed E-state index contributed by atoms with van der Waals surface area (Å²) in [6, 6.07) is 0.0498. The van der Waals surface area contributed by atoms with E-state index < -0.39 is 0 Å². The van der Waals surface area contributed by atoms with E-state index in [-0.39, 0.29) is 12.0 Å². The maximum atomic E-state index is 11.2. The Balaban J connectivity index is 2.19. The third kappa shape index (κ3) is 5.02. The standard InChI is InChI=1S/C9H14N4O2/c10-5-3-1-2-4-8(14)15-9-12-6-11-7-13-9/h6-7H,1-5,10H2. The number of carbonyl (C=O) groups is 1. The summed E-state index contributed by atoms with van der Waals surface area (Å²) < 4.78 is 4.86. The van der Waals surface area contributed by atoms with Crippen LogP contribution in [0, 0.1) is 0 Å². The van der Waals surface area contributed by atoms with E-state index in [1.807, 2.05) is 0 Å². The fourth-order valence-electron chi connectivity index (χ4n) is 1.02. The van der Waals surface area contributed by atoms with E-state index in [4.69, 9.17) is 10.5 Å². The number of ether oxygens (including phenoxy) is 1. The summed E-state index contributed by atoms with van der Waals surface area (Å²) in [6.45, 7) is 0.655. The summed E-state index contributed by atoms with van der Waals surface area (Å²) >= 11 is 0. The first-order chi connectivity index (χ1) is 7.33. The lowest BCUT2D eigenvalue weighted by molar-refractivity contribution is -0.135. The van der Waals surface area contributed by atoms with Crippen molar-refractivity contribution in [1.82, 2.24) is 15.0 Å². The maximum Gasteiger partial charge on any atom is 0.327 e. The van der Waals surface area contributed by atoms with Gasteiger partial charge in [-0.15, -0.1) is 0 Å². The fourth-order valence-corrected chi connectivity index (χ4v) is 1.02. The van der Waals surface area contributed by atoms with E-state index >= 15 is 0 Å². The second-order valence-corrected chi connectivity index (χ2v) is 2.99. The van der Waals surface area contributed by atoms with Crippen molar-refractivity contribution in [2.45, 2.75) is 25.7 Å². The Morgan fingerprint density at radius 1 is 1.27 bits per heavy atom. The number of carbonyl (C=O) groups excluding carboxylic acids is 1. The van der Waals surface area contributed by atoms with Crippen LogP contribution >= 0.6 is 0 Å². The lowest BCUT2D eigenvalue weighted by Crippen LogP contribution is -2.10. The molecular weight excluding hydrogens is 196 g/mol. The average molecular weight is 210 g/mol. The summed E-state index contributed by atoms with van der Waals surface area (Å²) in [6.07, 6.45) is 5.57. The summed E-state index contributed by atoms with van der Waals surface area (Å²) in [5.74, 6) is -0.321. The summed E-state index contributed by atoms with van der Waals surface area (Å²) in [4.78, 5) is 22.2. The number of nitrogens with zero attached hydrogens (tertiary/aromatic N) is 3. The van der Waals surface area contributed by atoms with Gasteiger partial charge >= 0.3 is 12.0 Å². The van der Waals surface area contributed by atoms with Crippen molar-refractivity contribution in [3.63, 3.8) is 0 Å². The van der Waals surface area contributed by atoms with Crippen LogP contribution in [0.2, 0.25) is 0 Å². The minimum absolute atomic E-state index is 0.0498. The summed E-state index contributed by atoms with van der Waals surface area (Å²) in [5.41, 5.74) is 5.33. The van der Waals surface area contributed by atoms with Crippen LogP contribution in [0.5, 0.6) is 6.01 Å². The smallest absolute Gasteiger partial charge is 0.327 e. The number of rotatable bonds is 6. The number of aromatic nitrogens is 3. The van der Waals surface area contributed by atoms with Gasteiger partial charge in [-0.05, 0) is 19.4 Å². The van der Waals surface area contributed by atoms with Crippen LogP contribution in [0.3, 0.4) is 0 Å². The van der Waals surface area contributed by atoms with Gasteiger partial charge in [-0.2, -0.15) is 9.97 Å². The molecule has 0 atom stereocenters. The van der Waals surface area contributed by atoms with Gasteiger partial charge in [0, 0.05) is 6.42 Å². The van der Waals surface area contributed by atoms with Gasteiger partial charge in [0.1, 0.15) is 12.7 Å². The molecule has 6 nitrogen and oxygen atoms in total. The van der Waals surface area contributed by atoms with E-state index in [0.29, 0.717) is 13.0 Å². The predicted octanol–water partition coefficient (Wildman–Crippen LogP) is 0.296. The molecule has 2 N–H and O–H groups in total. The molecule has 15 heavy (non-hydrogen) atoms. The molecule has 0 bridgehead atoms. The average Bonchev–Trinajstić information content (AvgIpc) is 2.26. The molecule has 0 fully saturated rings. The first-order valence-electron chi connectivity index (χ1n) is 4.85. The number of esters is 1. The van der Waals surface area contributed by atoms with Crippen molar-refractivity contribution in [1.29, 1.82) is 0 Å². The van der Waals surface area contributed by atoms with Crippen molar-refractivity contribution in [3.8, 4) is 6.01 Å². The first kappa shape index (κ1) is 11.5. The molecule has 0 aliphatic carbocycles. The van der Waals surface area contributed by atoms with E-state index in [0.717, 1.165) is 19.3 Å². The molecular formula is C9H14N4O2. The van der Waals surface area contributed by atoms with Gasteiger partial charge in [0.05, 0.1) is 0 Å². The largest absolute Gasteiger partial charge is 0.391 e. The summed E-state index contributed by atoms with van der Waals surface area (Å²) in [5, 5.41) is 0. The number of hydrogen-bond acceptors (Lipinski definition) is 6. The van der Waals surface area contributed by atoms with E-state index in [9.17, 15) is 4.79 Å². The quantitative estimate of drug-likeness (QED) is 0.536. The Morgan fingerprint density at radius 2 is 2.00 bits per heavy atom. The van der Waals surface area contributed by atoms with Gasteiger partial charge in [-0.1, -0.05) is 6.42 Å². The van der Waals surface area contributed by atoms with Crippen molar-refractivity contribution in [3.05, 3.63) is 12.7 Å². The van der Waals surface area contributed by atoms with Crippen LogP contribution in [0.4, 0.5) is 0 Å². The number of unbranched alkanes of at least 4 members (excludes halogenated alkanes) is 2. The number of nitrogens with two attached hydrogens (primary N) is 1. The normalized spacial score (nSPS) is 9.93. The minimum atomic E-state index is -0.321. The highest BCUT2D eigenvalue weighted by Gasteiger charge is 2.05. The molecule has 0 aliphatic heterocycles. The van der Waals surface area contributed by atoms with Gasteiger partial charge in [0.15, 0.2) is 0 Å². The molecule has 0 saturated carbocycles. The third-order valence-corrected chi connectivity index (χ3v) is 1.76. The zero-order chi connectivity index (χ0) is 10.9. The second kappa shape index (κ2) is 6.83. The molecule has 1 aromatic heterocycles. The van der Waals surface area contributed by atoms with Crippen LogP contribution in [0.1, 0.15) is 25.7 Å². The lowest BCUT2D eigenvalue weighted by Gasteiger charge is -2.00. The Morgan fingerprint density at radius 3 is 2.67 bits per heavy atom. The first-order valence-corrected chi connectivity index (χ1v) is 4.85. The highest BCUT2D eigenvalue weighted by atomic mass is 16.5. The van der Waals surface area contributed by atoms with E-state index in [1.165, 1.54) is 12.7 Å². The van der Waals surface area contributed by atoms with Crippen LogP contribution in [-0.2, 0) is 4.79 Å². The van der Waals surface area contributed by atoms with Gasteiger partial charge < -0.3 is 10.5 Å². The van der Waals surface area contributed by atoms with Gasteiger partial charge in [-0.25, -0.2) is 4.98 Å². The zero-order valence-corrected chi connectivity index (χ0v) is 8.43. The molecule has 0 aliphatic rings. The van der Waals surface area contributed by atoms with Gasteiger partial charge in [-0.3, -0.25) is 4.79 Å². The third-order valence-electron chi connectivity index (χ3n) is 1.76. The fraction of sp³-hybridized carbons (Fsp3) is 0.556. The van der Waals surface area contributed by atoms with Crippen LogP contribution in [0.15, 0.2) is 12.7 Å². The SMILES string of the molecule is NCCCCCC(=O)Oc1ncncn1. The van der Waals surface area contributed by atoms with Gasteiger partial charge in [0.2, 0.25) is 0 Å². The Labute approximate surface area is 87.9 Å². The molecule has 0 amide bonds. The van der Waals surface area contributed by atoms with Crippen LogP contribution in [0.25, 0.3) is 0 Å². The van der Waals surface area contributed by atoms with Crippen molar-refractivity contribution >= 4 is 5.97 Å². The van der Waals surface area contributed by atoms with Crippen molar-refractivity contribution in [2.75, 3.05) is 6.54 Å². The predicted molar refractivity (Wildman–Crippen MR) is 53.0 cm³/mol. The topological polar surface area (TPSA) is 91.0 Å². The molecule has 6 heteroatoms. The van der Waals surface area contributed by atoms with E-state index in [2.05, 4.69) is 15.0 Å². The minimum Gasteiger partial charge on any atom is -0.391 e. The molecule has 0 saturated heterocycles. The molecule has 1 rings (SSSR count). The van der Waals surface area contributed by atoms with Crippen molar-refractivity contribution < 1.29 is 9.53 Å². The second-order valence-electron chi connectivity index (χ2n) is 2.99. The van der Waals surface area contributed by atoms with Gasteiger partial charge in [0.25, 0.3) is 0 Å². The Kier molecular flexibility index (Phi) is 5.24. The maximum absolute atomic E-state index is 11.2. The lowest BCUT2D eigenvalue weighted by atomic mass is 10.2. The molecule has 1 aromatic rings. The monoisotopic (exact) mass is 210 g/mol. The summed E-state index contributed by atoms with van der Waals surface area (Å²) in [7, 11) is 0. The molecule has 0 unspecified atom stereocenters. The van der Waals surface area contributed by atoms with Crippen LogP contribution < -0.4 is 10.5 Å². The highest BCUT2D eigenvalue weighted by Crippen LogP contribution is 2.03. The highest BCUT2D eigenvalue weighted by molar-refractivity contribution is 5.71. The molecule has 1 heterocycles.